The lowest BCUT2D eigenvalue weighted by Crippen LogP contribution is -2.62. The van der Waals surface area contributed by atoms with Crippen molar-refractivity contribution in [1.29, 1.82) is 0 Å². The second-order valence-corrected chi connectivity index (χ2v) is 17.4. The summed E-state index contributed by atoms with van der Waals surface area (Å²) < 4.78 is 10.2. The molecule has 9 atom stereocenters. The van der Waals surface area contributed by atoms with Crippen LogP contribution < -0.4 is 16.0 Å². The van der Waals surface area contributed by atoms with Crippen LogP contribution in [0.1, 0.15) is 109 Å². The van der Waals surface area contributed by atoms with Gasteiger partial charge in [-0.25, -0.2) is 9.59 Å². The molecule has 0 saturated carbocycles. The van der Waals surface area contributed by atoms with E-state index in [9.17, 15) is 43.5 Å². The molecule has 0 aromatic rings. The minimum atomic E-state index is -1.55. The Labute approximate surface area is 351 Å². The summed E-state index contributed by atoms with van der Waals surface area (Å²) in [4.78, 5) is 112. The average Bonchev–Trinajstić information content (AvgIpc) is 3.15. The minimum absolute atomic E-state index is 0.0250. The van der Waals surface area contributed by atoms with Gasteiger partial charge < -0.3 is 45.2 Å². The Morgan fingerprint density at radius 3 is 1.49 bits per heavy atom. The molecule has 0 aliphatic rings. The molecule has 18 nitrogen and oxygen atoms in total. The van der Waals surface area contributed by atoms with Gasteiger partial charge in [-0.2, -0.15) is 0 Å². The van der Waals surface area contributed by atoms with Crippen molar-refractivity contribution in [3.63, 3.8) is 0 Å². The Morgan fingerprint density at radius 2 is 1.05 bits per heavy atom. The van der Waals surface area contributed by atoms with Crippen molar-refractivity contribution >= 4 is 47.5 Å². The van der Waals surface area contributed by atoms with Gasteiger partial charge in [0.05, 0.1) is 13.2 Å². The van der Waals surface area contributed by atoms with Crippen LogP contribution in [0, 0.1) is 17.8 Å². The number of carbonyl (C=O) groups excluding carboxylic acids is 8. The fraction of sp³-hybridized carbons (Fsp3) is 0.805. The predicted molar refractivity (Wildman–Crippen MR) is 222 cm³/mol. The SMILES string of the molecule is CC[C@H](C)[C@@H](NC(=O)[C@H](NC(=O)[C@@H](C)N(C)C(=O)[C@H](C)N(C)C(=O)OC(C)(C)C)[C@H](C)O)C(=O)N(C)[C@@H](C)C(=O)N(C)[C@@H](CC(C)C)C(=O)N[C@@H](CC(C)C)C(=O)OC. The molecule has 340 valence electrons. The van der Waals surface area contributed by atoms with Crippen molar-refractivity contribution in [2.75, 3.05) is 35.3 Å². The third-order valence-electron chi connectivity index (χ3n) is 10.4. The highest BCUT2D eigenvalue weighted by molar-refractivity contribution is 5.97. The van der Waals surface area contributed by atoms with Gasteiger partial charge in [-0.3, -0.25) is 33.7 Å². The van der Waals surface area contributed by atoms with E-state index in [1.807, 2.05) is 27.7 Å². The van der Waals surface area contributed by atoms with Gasteiger partial charge in [0.25, 0.3) is 0 Å². The third-order valence-corrected chi connectivity index (χ3v) is 10.4. The number of hydrogen-bond donors (Lipinski definition) is 4. The molecule has 0 aromatic heterocycles. The van der Waals surface area contributed by atoms with Crippen molar-refractivity contribution < 1.29 is 52.9 Å². The van der Waals surface area contributed by atoms with E-state index < -0.39 is 107 Å². The van der Waals surface area contributed by atoms with Crippen molar-refractivity contribution in [2.45, 2.75) is 163 Å². The van der Waals surface area contributed by atoms with E-state index >= 15 is 0 Å². The normalized spacial score (nSPS) is 16.2. The maximum absolute atomic E-state index is 14.1. The summed E-state index contributed by atoms with van der Waals surface area (Å²) in [5.74, 6) is -5.05. The molecule has 0 radical (unpaired) electrons. The summed E-state index contributed by atoms with van der Waals surface area (Å²) in [6.07, 6.45) is -1.16. The van der Waals surface area contributed by atoms with E-state index in [0.29, 0.717) is 12.8 Å². The molecule has 7 amide bonds. The van der Waals surface area contributed by atoms with E-state index in [0.717, 1.165) is 9.80 Å². The van der Waals surface area contributed by atoms with Crippen LogP contribution in [0.3, 0.4) is 0 Å². The molecule has 59 heavy (non-hydrogen) atoms. The summed E-state index contributed by atoms with van der Waals surface area (Å²) in [7, 11) is 6.84. The van der Waals surface area contributed by atoms with E-state index in [4.69, 9.17) is 9.47 Å². The second-order valence-electron chi connectivity index (χ2n) is 17.4. The van der Waals surface area contributed by atoms with Crippen LogP contribution in [-0.2, 0) is 43.0 Å². The number of nitrogens with zero attached hydrogens (tertiary/aromatic N) is 4. The Kier molecular flexibility index (Phi) is 22.1. The monoisotopic (exact) mass is 842 g/mol. The Bertz CT molecular complexity index is 1460. The van der Waals surface area contributed by atoms with Crippen LogP contribution in [0.2, 0.25) is 0 Å². The average molecular weight is 842 g/mol. The summed E-state index contributed by atoms with van der Waals surface area (Å²) in [5.41, 5.74) is -0.799. The highest BCUT2D eigenvalue weighted by Gasteiger charge is 2.40. The summed E-state index contributed by atoms with van der Waals surface area (Å²) in [6.45, 7) is 21.8. The molecule has 0 aliphatic heterocycles. The van der Waals surface area contributed by atoms with E-state index in [-0.39, 0.29) is 18.3 Å². The quantitative estimate of drug-likeness (QED) is 0.122. The summed E-state index contributed by atoms with van der Waals surface area (Å²) in [5, 5.41) is 18.5. The summed E-state index contributed by atoms with van der Waals surface area (Å²) >= 11 is 0. The maximum Gasteiger partial charge on any atom is 0.410 e. The minimum Gasteiger partial charge on any atom is -0.467 e. The molecule has 0 rings (SSSR count). The first-order chi connectivity index (χ1) is 26.9. The number of hydrogen-bond acceptors (Lipinski definition) is 11. The number of methoxy groups -OCH3 is 1. The molecular weight excluding hydrogens is 766 g/mol. The Hall–Kier alpha value is -4.48. The Morgan fingerprint density at radius 1 is 0.593 bits per heavy atom. The fourth-order valence-electron chi connectivity index (χ4n) is 5.93. The number of rotatable bonds is 21. The van der Waals surface area contributed by atoms with Gasteiger partial charge in [-0.1, -0.05) is 48.0 Å². The molecular formula is C41H75N7O11. The third kappa shape index (κ3) is 16.6. The molecule has 0 fully saturated rings. The number of aliphatic hydroxyl groups is 1. The Balaban J connectivity index is 6.20. The first-order valence-electron chi connectivity index (χ1n) is 20.4. The number of esters is 1. The van der Waals surface area contributed by atoms with Gasteiger partial charge in [0.1, 0.15) is 47.9 Å². The van der Waals surface area contributed by atoms with Crippen molar-refractivity contribution in [3.05, 3.63) is 0 Å². The van der Waals surface area contributed by atoms with Gasteiger partial charge in [-0.15, -0.1) is 0 Å². The fourth-order valence-corrected chi connectivity index (χ4v) is 5.93. The second kappa shape index (κ2) is 23.9. The number of aliphatic hydroxyl groups excluding tert-OH is 1. The predicted octanol–water partition coefficient (Wildman–Crippen LogP) is 1.91. The number of likely N-dealkylation sites (N-methyl/N-ethyl adjacent to an activating group) is 4. The number of ether oxygens (including phenoxy) is 2. The van der Waals surface area contributed by atoms with Gasteiger partial charge in [0, 0.05) is 28.2 Å². The lowest BCUT2D eigenvalue weighted by Gasteiger charge is -2.36. The standard InChI is InChI=1S/C41H75N7O11/c1-19-24(6)31(38(55)46(15)26(8)37(54)48(17)30(21-23(4)5)34(51)42-29(20-22(2)3)39(56)58-18)43-35(52)32(28(10)49)44-33(50)25(7)45(14)36(53)27(9)47(16)40(57)59-41(11,12)13/h22-32,49H,19-21H2,1-18H3,(H,42,51)(H,43,52)(H,44,50)/t24-,25+,26-,27-,28-,29-,30-,31+,32+/m0/s1. The summed E-state index contributed by atoms with van der Waals surface area (Å²) in [6, 6.07) is -7.94. The van der Waals surface area contributed by atoms with Crippen molar-refractivity contribution in [2.24, 2.45) is 17.8 Å². The first-order valence-corrected chi connectivity index (χ1v) is 20.4. The highest BCUT2D eigenvalue weighted by atomic mass is 16.6. The van der Waals surface area contributed by atoms with Crippen LogP contribution in [0.5, 0.6) is 0 Å². The first kappa shape index (κ1) is 54.5. The molecule has 0 aromatic carbocycles. The highest BCUT2D eigenvalue weighted by Crippen LogP contribution is 2.18. The van der Waals surface area contributed by atoms with Crippen LogP contribution in [-0.4, -0.2) is 162 Å². The van der Waals surface area contributed by atoms with E-state index in [2.05, 4.69) is 16.0 Å². The van der Waals surface area contributed by atoms with Crippen LogP contribution in [0.15, 0.2) is 0 Å². The van der Waals surface area contributed by atoms with Crippen molar-refractivity contribution in [1.82, 2.24) is 35.6 Å². The number of amides is 7. The zero-order valence-electron chi connectivity index (χ0n) is 38.8. The molecule has 0 heterocycles. The maximum atomic E-state index is 14.1. The number of nitrogens with one attached hydrogen (secondary N) is 3. The zero-order chi connectivity index (χ0) is 46.4. The van der Waals surface area contributed by atoms with E-state index in [1.54, 1.807) is 34.6 Å². The van der Waals surface area contributed by atoms with Gasteiger partial charge >= 0.3 is 12.1 Å². The lowest BCUT2D eigenvalue weighted by atomic mass is 9.96. The molecule has 0 aliphatic carbocycles. The van der Waals surface area contributed by atoms with Crippen molar-refractivity contribution in [3.8, 4) is 0 Å². The van der Waals surface area contributed by atoms with E-state index in [1.165, 1.54) is 72.8 Å². The molecule has 0 unspecified atom stereocenters. The lowest BCUT2D eigenvalue weighted by molar-refractivity contribution is -0.150. The zero-order valence-corrected chi connectivity index (χ0v) is 38.8. The molecule has 0 saturated heterocycles. The van der Waals surface area contributed by atoms with Crippen LogP contribution in [0.4, 0.5) is 4.79 Å². The van der Waals surface area contributed by atoms with Gasteiger partial charge in [0.2, 0.25) is 35.4 Å². The molecule has 0 bridgehead atoms. The smallest absolute Gasteiger partial charge is 0.410 e. The number of carbonyl (C=O) groups is 8. The topological polar surface area (TPSA) is 224 Å². The van der Waals surface area contributed by atoms with Crippen LogP contribution in [0.25, 0.3) is 0 Å². The largest absolute Gasteiger partial charge is 0.467 e. The molecule has 0 spiro atoms. The van der Waals surface area contributed by atoms with Crippen LogP contribution >= 0.6 is 0 Å². The molecule has 4 N–H and O–H groups in total. The van der Waals surface area contributed by atoms with Gasteiger partial charge in [0.15, 0.2) is 0 Å². The molecule has 18 heteroatoms. The van der Waals surface area contributed by atoms with Gasteiger partial charge in [-0.05, 0) is 79.1 Å².